The van der Waals surface area contributed by atoms with Crippen molar-refractivity contribution in [2.45, 2.75) is 58.0 Å². The van der Waals surface area contributed by atoms with E-state index in [0.29, 0.717) is 37.1 Å². The Morgan fingerprint density at radius 1 is 1.50 bits per heavy atom. The molecule has 0 radical (unpaired) electrons. The lowest BCUT2D eigenvalue weighted by Gasteiger charge is -2.19. The van der Waals surface area contributed by atoms with Crippen LogP contribution in [0.15, 0.2) is 10.9 Å². The van der Waals surface area contributed by atoms with Crippen molar-refractivity contribution in [1.82, 2.24) is 14.7 Å². The van der Waals surface area contributed by atoms with Crippen LogP contribution in [0.5, 0.6) is 0 Å². The zero-order valence-corrected chi connectivity index (χ0v) is 13.9. The first-order valence-electron chi connectivity index (χ1n) is 8.19. The predicted octanol–water partition coefficient (Wildman–Crippen LogP) is 1.86. The summed E-state index contributed by atoms with van der Waals surface area (Å²) < 4.78 is 27.9. The fraction of sp³-hybridized carbons (Fsp3) is 0.688. The van der Waals surface area contributed by atoms with Gasteiger partial charge in [-0.1, -0.05) is 13.3 Å². The highest BCUT2D eigenvalue weighted by Crippen LogP contribution is 2.22. The summed E-state index contributed by atoms with van der Waals surface area (Å²) in [6, 6.07) is 0.567. The molecule has 0 saturated carbocycles. The van der Waals surface area contributed by atoms with Crippen molar-refractivity contribution in [3.8, 4) is 0 Å². The molecule has 2 heterocycles. The van der Waals surface area contributed by atoms with Gasteiger partial charge in [0.2, 0.25) is 0 Å². The van der Waals surface area contributed by atoms with Crippen LogP contribution in [0.2, 0.25) is 0 Å². The third-order valence-electron chi connectivity index (χ3n) is 4.30. The van der Waals surface area contributed by atoms with E-state index in [2.05, 4.69) is 5.10 Å². The Labute approximate surface area is 139 Å². The van der Waals surface area contributed by atoms with Crippen LogP contribution in [0.1, 0.15) is 43.5 Å². The molecule has 1 aliphatic heterocycles. The summed E-state index contributed by atoms with van der Waals surface area (Å²) in [5, 5.41) is 13.5. The standard InChI is InChI=1S/C16H23F2N3O3/c1-3-4-13(16(23)24)21-15(22)10(2)9-11(19-21)5-7-20-8-6-12(17)14(20)18/h9,12-14H,3-8H2,1-2H3,(H,23,24). The van der Waals surface area contributed by atoms with Crippen molar-refractivity contribution in [3.63, 3.8) is 0 Å². The molecule has 24 heavy (non-hydrogen) atoms. The van der Waals surface area contributed by atoms with Crippen LogP contribution < -0.4 is 5.56 Å². The smallest absolute Gasteiger partial charge is 0.328 e. The van der Waals surface area contributed by atoms with Gasteiger partial charge in [0.05, 0.1) is 5.69 Å². The molecule has 0 aromatic carbocycles. The van der Waals surface area contributed by atoms with Gasteiger partial charge in [-0.25, -0.2) is 18.3 Å². The Morgan fingerprint density at radius 3 is 2.75 bits per heavy atom. The minimum absolute atomic E-state index is 0.171. The van der Waals surface area contributed by atoms with Crippen LogP contribution >= 0.6 is 0 Å². The minimum atomic E-state index is -1.61. The molecular formula is C16H23F2N3O3. The molecule has 6 nitrogen and oxygen atoms in total. The van der Waals surface area contributed by atoms with Gasteiger partial charge in [0.1, 0.15) is 6.17 Å². The van der Waals surface area contributed by atoms with Gasteiger partial charge < -0.3 is 5.11 Å². The number of hydrogen-bond acceptors (Lipinski definition) is 4. The second-order valence-electron chi connectivity index (χ2n) is 6.17. The Kier molecular flexibility index (Phi) is 6.04. The molecule has 1 saturated heterocycles. The van der Waals surface area contributed by atoms with E-state index in [1.165, 1.54) is 4.90 Å². The van der Waals surface area contributed by atoms with Crippen molar-refractivity contribution in [2.75, 3.05) is 13.1 Å². The SMILES string of the molecule is CCCC(C(=O)O)n1nc(CCN2CCC(F)C2F)cc(C)c1=O. The quantitative estimate of drug-likeness (QED) is 0.765. The van der Waals surface area contributed by atoms with E-state index >= 15 is 0 Å². The maximum atomic E-state index is 13.6. The molecular weight excluding hydrogens is 320 g/mol. The van der Waals surface area contributed by atoms with Gasteiger partial charge in [0.25, 0.3) is 5.56 Å². The molecule has 8 heteroatoms. The third-order valence-corrected chi connectivity index (χ3v) is 4.30. The van der Waals surface area contributed by atoms with Crippen molar-refractivity contribution < 1.29 is 18.7 Å². The van der Waals surface area contributed by atoms with Crippen molar-refractivity contribution in [2.24, 2.45) is 0 Å². The first-order chi connectivity index (χ1) is 11.3. The first-order valence-corrected chi connectivity index (χ1v) is 8.19. The molecule has 134 valence electrons. The lowest BCUT2D eigenvalue weighted by Crippen LogP contribution is -2.35. The van der Waals surface area contributed by atoms with Crippen LogP contribution in [0.3, 0.4) is 0 Å². The highest BCUT2D eigenvalue weighted by atomic mass is 19.2. The van der Waals surface area contributed by atoms with Gasteiger partial charge >= 0.3 is 5.97 Å². The number of carbonyl (C=O) groups is 1. The maximum absolute atomic E-state index is 13.6. The number of alkyl halides is 2. The van der Waals surface area contributed by atoms with E-state index in [-0.39, 0.29) is 13.0 Å². The first kappa shape index (κ1) is 18.5. The Hall–Kier alpha value is -1.83. The molecule has 0 aliphatic carbocycles. The van der Waals surface area contributed by atoms with E-state index in [9.17, 15) is 23.5 Å². The zero-order valence-electron chi connectivity index (χ0n) is 13.9. The second kappa shape index (κ2) is 7.83. The summed E-state index contributed by atoms with van der Waals surface area (Å²) >= 11 is 0. The summed E-state index contributed by atoms with van der Waals surface area (Å²) in [6.45, 7) is 4.05. The van der Waals surface area contributed by atoms with Crippen molar-refractivity contribution >= 4 is 5.97 Å². The monoisotopic (exact) mass is 343 g/mol. The highest BCUT2D eigenvalue weighted by molar-refractivity contribution is 5.71. The summed E-state index contributed by atoms with van der Waals surface area (Å²) in [6.07, 6.45) is -1.67. The third kappa shape index (κ3) is 3.98. The molecule has 0 bridgehead atoms. The largest absolute Gasteiger partial charge is 0.480 e. The van der Waals surface area contributed by atoms with E-state index in [1.54, 1.807) is 13.0 Å². The van der Waals surface area contributed by atoms with Crippen LogP contribution in [0.4, 0.5) is 8.78 Å². The van der Waals surface area contributed by atoms with Crippen LogP contribution in [0, 0.1) is 6.92 Å². The van der Waals surface area contributed by atoms with Crippen molar-refractivity contribution in [3.05, 3.63) is 27.7 Å². The van der Waals surface area contributed by atoms with Crippen molar-refractivity contribution in [1.29, 1.82) is 0 Å². The number of carboxylic acids is 1. The average Bonchev–Trinajstić information content (AvgIpc) is 2.85. The molecule has 1 fully saturated rings. The number of carboxylic acid groups (broad SMARTS) is 1. The fourth-order valence-electron chi connectivity index (χ4n) is 2.93. The number of aliphatic carboxylic acids is 1. The molecule has 1 N–H and O–H groups in total. The van der Waals surface area contributed by atoms with E-state index in [1.807, 2.05) is 6.92 Å². The summed E-state index contributed by atoms with van der Waals surface area (Å²) in [5.74, 6) is -1.10. The van der Waals surface area contributed by atoms with Gasteiger partial charge in [-0.05, 0) is 25.8 Å². The van der Waals surface area contributed by atoms with Crippen LogP contribution in [-0.2, 0) is 11.2 Å². The molecule has 1 aromatic rings. The summed E-state index contributed by atoms with van der Waals surface area (Å²) in [4.78, 5) is 25.0. The molecule has 3 unspecified atom stereocenters. The number of aromatic nitrogens is 2. The van der Waals surface area contributed by atoms with E-state index in [0.717, 1.165) is 4.68 Å². The topological polar surface area (TPSA) is 75.4 Å². The molecule has 2 rings (SSSR count). The molecule has 0 spiro atoms. The van der Waals surface area contributed by atoms with Crippen LogP contribution in [-0.4, -0.2) is 51.3 Å². The molecule has 0 amide bonds. The minimum Gasteiger partial charge on any atom is -0.480 e. The molecule has 3 atom stereocenters. The lowest BCUT2D eigenvalue weighted by atomic mass is 10.1. The molecule has 1 aromatic heterocycles. The van der Waals surface area contributed by atoms with E-state index in [4.69, 9.17) is 0 Å². The van der Waals surface area contributed by atoms with Gasteiger partial charge in [0, 0.05) is 25.1 Å². The number of likely N-dealkylation sites (tertiary alicyclic amines) is 1. The number of aryl methyl sites for hydroxylation is 1. The fourth-order valence-corrected chi connectivity index (χ4v) is 2.93. The number of halogens is 2. The summed E-state index contributed by atoms with van der Waals surface area (Å²) in [7, 11) is 0. The van der Waals surface area contributed by atoms with Gasteiger partial charge in [-0.3, -0.25) is 9.69 Å². The average molecular weight is 343 g/mol. The van der Waals surface area contributed by atoms with Gasteiger partial charge in [0.15, 0.2) is 12.3 Å². The molecule has 1 aliphatic rings. The zero-order chi connectivity index (χ0) is 17.9. The highest BCUT2D eigenvalue weighted by Gasteiger charge is 2.33. The lowest BCUT2D eigenvalue weighted by molar-refractivity contribution is -0.141. The van der Waals surface area contributed by atoms with E-state index < -0.39 is 30.0 Å². The number of hydrogen-bond donors (Lipinski definition) is 1. The predicted molar refractivity (Wildman–Crippen MR) is 84.5 cm³/mol. The maximum Gasteiger partial charge on any atom is 0.328 e. The Morgan fingerprint density at radius 2 is 2.21 bits per heavy atom. The number of nitrogens with zero attached hydrogens (tertiary/aromatic N) is 3. The van der Waals surface area contributed by atoms with Gasteiger partial charge in [-0.2, -0.15) is 5.10 Å². The second-order valence-corrected chi connectivity index (χ2v) is 6.17. The number of rotatable bonds is 7. The summed E-state index contributed by atoms with van der Waals surface area (Å²) in [5.41, 5.74) is 0.459. The Balaban J connectivity index is 2.19. The van der Waals surface area contributed by atoms with Gasteiger partial charge in [-0.15, -0.1) is 0 Å². The normalized spacial score (nSPS) is 22.7. The van der Waals surface area contributed by atoms with Crippen LogP contribution in [0.25, 0.3) is 0 Å². The Bertz CT molecular complexity index is 650.